The summed E-state index contributed by atoms with van der Waals surface area (Å²) in [6.07, 6.45) is -4.70. The second kappa shape index (κ2) is 8.81. The lowest BCUT2D eigenvalue weighted by Gasteiger charge is -2.14. The smallest absolute Gasteiger partial charge is 0.417 e. The highest BCUT2D eigenvalue weighted by molar-refractivity contribution is 5.87. The quantitative estimate of drug-likeness (QED) is 0.316. The van der Waals surface area contributed by atoms with Crippen molar-refractivity contribution < 1.29 is 36.2 Å². The van der Waals surface area contributed by atoms with E-state index in [4.69, 9.17) is 9.47 Å². The molecule has 11 heteroatoms. The molecule has 0 saturated carbocycles. The number of benzene rings is 2. The molecule has 0 N–H and O–H groups in total. The summed E-state index contributed by atoms with van der Waals surface area (Å²) < 4.78 is 83.3. The van der Waals surface area contributed by atoms with Gasteiger partial charge in [0, 0.05) is 5.56 Å². The van der Waals surface area contributed by atoms with Crippen LogP contribution in [0.25, 0.3) is 28.0 Å². The molecule has 0 spiro atoms. The molecular weight excluding hydrogens is 461 g/mol. The Hall–Kier alpha value is -3.89. The van der Waals surface area contributed by atoms with Crippen molar-refractivity contribution >= 4 is 11.0 Å². The average molecular weight is 479 g/mol. The summed E-state index contributed by atoms with van der Waals surface area (Å²) in [7, 11) is 2.73. The molecule has 2 heterocycles. The van der Waals surface area contributed by atoms with Gasteiger partial charge in [0.05, 0.1) is 42.2 Å². The minimum atomic E-state index is -4.70. The predicted molar refractivity (Wildman–Crippen MR) is 114 cm³/mol. The van der Waals surface area contributed by atoms with Gasteiger partial charge in [0.15, 0.2) is 17.1 Å². The van der Waals surface area contributed by atoms with Crippen LogP contribution in [0.5, 0.6) is 17.2 Å². The third-order valence-electron chi connectivity index (χ3n) is 5.11. The van der Waals surface area contributed by atoms with E-state index in [2.05, 4.69) is 14.8 Å². The molecule has 178 valence electrons. The lowest BCUT2D eigenvalue weighted by atomic mass is 10.0. The summed E-state index contributed by atoms with van der Waals surface area (Å²) >= 11 is 0. The minimum Gasteiger partial charge on any atom is -0.497 e. The SMILES string of the molecule is COc1ccc(-n2nc(C)c3c(C(F)(F)F)cc(-c4ccc(OC(F)F)c(OC)c4)nc32)cc1. The summed E-state index contributed by atoms with van der Waals surface area (Å²) in [6.45, 7) is -1.62. The third-order valence-corrected chi connectivity index (χ3v) is 5.11. The lowest BCUT2D eigenvalue weighted by Crippen LogP contribution is -2.08. The van der Waals surface area contributed by atoms with E-state index in [1.807, 2.05) is 0 Å². The molecule has 0 saturated heterocycles. The van der Waals surface area contributed by atoms with E-state index < -0.39 is 18.4 Å². The number of alkyl halides is 5. The van der Waals surface area contributed by atoms with Crippen LogP contribution in [0.3, 0.4) is 0 Å². The first kappa shape index (κ1) is 23.3. The number of fused-ring (bicyclic) bond motifs is 1. The number of hydrogen-bond acceptors (Lipinski definition) is 5. The number of rotatable bonds is 6. The summed E-state index contributed by atoms with van der Waals surface area (Å²) in [5.41, 5.74) is -0.135. The van der Waals surface area contributed by atoms with Gasteiger partial charge in [-0.15, -0.1) is 0 Å². The molecule has 4 aromatic rings. The zero-order valence-corrected chi connectivity index (χ0v) is 18.2. The molecule has 4 rings (SSSR count). The van der Waals surface area contributed by atoms with E-state index >= 15 is 0 Å². The van der Waals surface area contributed by atoms with E-state index in [1.54, 1.807) is 24.3 Å². The molecule has 0 aliphatic heterocycles. The average Bonchev–Trinajstić information content (AvgIpc) is 3.14. The topological polar surface area (TPSA) is 58.4 Å². The van der Waals surface area contributed by atoms with Crippen LogP contribution in [-0.2, 0) is 6.18 Å². The van der Waals surface area contributed by atoms with Gasteiger partial charge in [-0.2, -0.15) is 27.1 Å². The minimum absolute atomic E-state index is 0.0145. The zero-order valence-electron chi connectivity index (χ0n) is 18.2. The molecule has 0 bridgehead atoms. The van der Waals surface area contributed by atoms with Crippen molar-refractivity contribution in [3.8, 4) is 34.2 Å². The van der Waals surface area contributed by atoms with Gasteiger partial charge in [0.25, 0.3) is 0 Å². The number of halogens is 5. The van der Waals surface area contributed by atoms with Crippen LogP contribution in [0.15, 0.2) is 48.5 Å². The highest BCUT2D eigenvalue weighted by atomic mass is 19.4. The van der Waals surface area contributed by atoms with Gasteiger partial charge in [-0.1, -0.05) is 0 Å². The predicted octanol–water partition coefficient (Wildman–Crippen LogP) is 6.03. The van der Waals surface area contributed by atoms with Gasteiger partial charge < -0.3 is 14.2 Å². The van der Waals surface area contributed by atoms with Gasteiger partial charge in [0.2, 0.25) is 0 Å². The molecule has 0 unspecified atom stereocenters. The molecular formula is C23H18F5N3O3. The van der Waals surface area contributed by atoms with Crippen LogP contribution in [0.2, 0.25) is 0 Å². The van der Waals surface area contributed by atoms with Crippen LogP contribution in [-0.4, -0.2) is 35.6 Å². The third kappa shape index (κ3) is 4.33. The monoisotopic (exact) mass is 479 g/mol. The standard InChI is InChI=1S/C23H18F5N3O3/c1-12-20-16(23(26,27)28)11-17(13-4-9-18(34-22(24)25)19(10-13)33-3)29-21(20)31(30-12)14-5-7-15(32-2)8-6-14/h4-11,22H,1-3H3. The lowest BCUT2D eigenvalue weighted by molar-refractivity contribution is -0.136. The van der Waals surface area contributed by atoms with Crippen molar-refractivity contribution in [2.75, 3.05) is 14.2 Å². The molecule has 34 heavy (non-hydrogen) atoms. The van der Waals surface area contributed by atoms with Gasteiger partial charge in [0.1, 0.15) is 5.75 Å². The molecule has 0 aliphatic carbocycles. The Balaban J connectivity index is 1.95. The number of aromatic nitrogens is 3. The van der Waals surface area contributed by atoms with E-state index in [-0.39, 0.29) is 39.5 Å². The van der Waals surface area contributed by atoms with Crippen molar-refractivity contribution in [3.05, 3.63) is 59.8 Å². The number of hydrogen-bond donors (Lipinski definition) is 0. The Kier molecular flexibility index (Phi) is 6.03. The molecule has 2 aromatic carbocycles. The molecule has 0 atom stereocenters. The van der Waals surface area contributed by atoms with Gasteiger partial charge in [-0.05, 0) is 55.5 Å². The summed E-state index contributed by atoms with van der Waals surface area (Å²) in [5, 5.41) is 4.15. The van der Waals surface area contributed by atoms with Gasteiger partial charge in [-0.25, -0.2) is 9.67 Å². The zero-order chi connectivity index (χ0) is 24.6. The normalized spacial score (nSPS) is 11.8. The van der Waals surface area contributed by atoms with Crippen molar-refractivity contribution in [2.45, 2.75) is 19.7 Å². The van der Waals surface area contributed by atoms with Crippen molar-refractivity contribution in [1.82, 2.24) is 14.8 Å². The first-order chi connectivity index (χ1) is 16.1. The maximum atomic E-state index is 14.0. The molecule has 0 amide bonds. The number of nitrogens with zero attached hydrogens (tertiary/aromatic N) is 3. The fourth-order valence-electron chi connectivity index (χ4n) is 3.58. The van der Waals surface area contributed by atoms with Crippen LogP contribution in [0.4, 0.5) is 22.0 Å². The number of ether oxygens (including phenoxy) is 3. The second-order valence-electron chi connectivity index (χ2n) is 7.19. The summed E-state index contributed by atoms with van der Waals surface area (Å²) in [4.78, 5) is 4.45. The van der Waals surface area contributed by atoms with Crippen LogP contribution in [0.1, 0.15) is 11.3 Å². The Labute approximate surface area is 190 Å². The van der Waals surface area contributed by atoms with Crippen LogP contribution >= 0.6 is 0 Å². The van der Waals surface area contributed by atoms with E-state index in [1.165, 1.54) is 44.0 Å². The maximum Gasteiger partial charge on any atom is 0.417 e. The Bertz CT molecular complexity index is 1330. The molecule has 0 radical (unpaired) electrons. The molecule has 0 fully saturated rings. The van der Waals surface area contributed by atoms with Gasteiger partial charge in [-0.3, -0.25) is 0 Å². The number of pyridine rings is 1. The number of methoxy groups -OCH3 is 2. The van der Waals surface area contributed by atoms with E-state index in [9.17, 15) is 22.0 Å². The van der Waals surface area contributed by atoms with Crippen molar-refractivity contribution in [1.29, 1.82) is 0 Å². The number of aryl methyl sites for hydroxylation is 1. The first-order valence-corrected chi connectivity index (χ1v) is 9.87. The fraction of sp³-hybridized carbons (Fsp3) is 0.217. The van der Waals surface area contributed by atoms with Crippen molar-refractivity contribution in [2.24, 2.45) is 0 Å². The van der Waals surface area contributed by atoms with Crippen molar-refractivity contribution in [3.63, 3.8) is 0 Å². The van der Waals surface area contributed by atoms with Gasteiger partial charge >= 0.3 is 12.8 Å². The fourth-order valence-corrected chi connectivity index (χ4v) is 3.58. The first-order valence-electron chi connectivity index (χ1n) is 9.87. The van der Waals surface area contributed by atoms with E-state index in [0.717, 1.165) is 6.07 Å². The largest absolute Gasteiger partial charge is 0.497 e. The Morgan fingerprint density at radius 2 is 1.62 bits per heavy atom. The van der Waals surface area contributed by atoms with Crippen LogP contribution < -0.4 is 14.2 Å². The highest BCUT2D eigenvalue weighted by Crippen LogP contribution is 2.40. The van der Waals surface area contributed by atoms with E-state index in [0.29, 0.717) is 11.4 Å². The molecule has 2 aromatic heterocycles. The maximum absolute atomic E-state index is 14.0. The molecule has 0 aliphatic rings. The molecule has 6 nitrogen and oxygen atoms in total. The summed E-state index contributed by atoms with van der Waals surface area (Å²) in [6, 6.07) is 11.3. The Morgan fingerprint density at radius 1 is 0.912 bits per heavy atom. The highest BCUT2D eigenvalue weighted by Gasteiger charge is 2.36. The second-order valence-corrected chi connectivity index (χ2v) is 7.19. The Morgan fingerprint density at radius 3 is 2.21 bits per heavy atom. The summed E-state index contributed by atoms with van der Waals surface area (Å²) in [5.74, 6) is 0.241. The van der Waals surface area contributed by atoms with Crippen LogP contribution in [0, 0.1) is 6.92 Å².